The predicted molar refractivity (Wildman–Crippen MR) is 84.7 cm³/mol. The summed E-state index contributed by atoms with van der Waals surface area (Å²) in [6.07, 6.45) is 1.98. The Morgan fingerprint density at radius 2 is 1.85 bits per heavy atom. The molecule has 0 saturated heterocycles. The van der Waals surface area contributed by atoms with Gasteiger partial charge in [-0.05, 0) is 42.5 Å². The standard InChI is InChI=1S/C18H20N2/c1-13-3-6-16(7-4-13)14(2)20-12-15-5-8-17-9-10-19-18(17)11-15/h3-11,14,19-20H,12H2,1-2H3. The van der Waals surface area contributed by atoms with Crippen molar-refractivity contribution in [2.45, 2.75) is 26.4 Å². The van der Waals surface area contributed by atoms with E-state index in [0.717, 1.165) is 6.54 Å². The third-order valence-electron chi connectivity index (χ3n) is 3.81. The molecule has 20 heavy (non-hydrogen) atoms. The number of hydrogen-bond donors (Lipinski definition) is 2. The van der Waals surface area contributed by atoms with Crippen LogP contribution in [0.25, 0.3) is 10.9 Å². The molecule has 3 aromatic rings. The lowest BCUT2D eigenvalue weighted by Gasteiger charge is -2.14. The summed E-state index contributed by atoms with van der Waals surface area (Å²) in [6.45, 7) is 5.20. The maximum atomic E-state index is 3.58. The third-order valence-corrected chi connectivity index (χ3v) is 3.81. The summed E-state index contributed by atoms with van der Waals surface area (Å²) >= 11 is 0. The third kappa shape index (κ3) is 2.75. The lowest BCUT2D eigenvalue weighted by atomic mass is 10.1. The van der Waals surface area contributed by atoms with E-state index in [0.29, 0.717) is 6.04 Å². The van der Waals surface area contributed by atoms with E-state index in [2.05, 4.69) is 72.7 Å². The zero-order chi connectivity index (χ0) is 13.9. The van der Waals surface area contributed by atoms with Crippen molar-refractivity contribution in [3.05, 3.63) is 71.4 Å². The molecule has 0 amide bonds. The highest BCUT2D eigenvalue weighted by molar-refractivity contribution is 5.79. The topological polar surface area (TPSA) is 27.8 Å². The van der Waals surface area contributed by atoms with Crippen LogP contribution >= 0.6 is 0 Å². The Kier molecular flexibility index (Phi) is 3.57. The number of hydrogen-bond acceptors (Lipinski definition) is 1. The minimum Gasteiger partial charge on any atom is -0.361 e. The fourth-order valence-corrected chi connectivity index (χ4v) is 2.45. The predicted octanol–water partition coefficient (Wildman–Crippen LogP) is 4.33. The first kappa shape index (κ1) is 12.9. The number of aromatic amines is 1. The number of fused-ring (bicyclic) bond motifs is 1. The van der Waals surface area contributed by atoms with Gasteiger partial charge in [0.25, 0.3) is 0 Å². The highest BCUT2D eigenvalue weighted by Gasteiger charge is 2.05. The van der Waals surface area contributed by atoms with Gasteiger partial charge in [0, 0.05) is 24.3 Å². The smallest absolute Gasteiger partial charge is 0.0457 e. The molecule has 2 N–H and O–H groups in total. The van der Waals surface area contributed by atoms with Crippen molar-refractivity contribution in [1.82, 2.24) is 10.3 Å². The van der Waals surface area contributed by atoms with Gasteiger partial charge in [-0.15, -0.1) is 0 Å². The van der Waals surface area contributed by atoms with Crippen LogP contribution in [0.1, 0.15) is 29.7 Å². The van der Waals surface area contributed by atoms with Gasteiger partial charge in [-0.3, -0.25) is 0 Å². The highest BCUT2D eigenvalue weighted by Crippen LogP contribution is 2.16. The Morgan fingerprint density at radius 1 is 1.05 bits per heavy atom. The first-order valence-corrected chi connectivity index (χ1v) is 7.08. The van der Waals surface area contributed by atoms with E-state index in [1.165, 1.54) is 27.6 Å². The minimum absolute atomic E-state index is 0.356. The molecule has 2 aromatic carbocycles. The molecule has 102 valence electrons. The first-order chi connectivity index (χ1) is 9.72. The van der Waals surface area contributed by atoms with E-state index in [-0.39, 0.29) is 0 Å². The number of benzene rings is 2. The Labute approximate surface area is 119 Å². The van der Waals surface area contributed by atoms with Gasteiger partial charge in [0.15, 0.2) is 0 Å². The lowest BCUT2D eigenvalue weighted by Crippen LogP contribution is -2.17. The van der Waals surface area contributed by atoms with Crippen LogP contribution in [0.15, 0.2) is 54.7 Å². The van der Waals surface area contributed by atoms with Crippen LogP contribution in [0, 0.1) is 6.92 Å². The lowest BCUT2D eigenvalue weighted by molar-refractivity contribution is 0.575. The molecule has 0 fully saturated rings. The maximum absolute atomic E-state index is 3.58. The van der Waals surface area contributed by atoms with E-state index in [9.17, 15) is 0 Å². The Balaban J connectivity index is 1.67. The average Bonchev–Trinajstić information content (AvgIpc) is 2.93. The molecule has 0 aliphatic heterocycles. The number of aromatic nitrogens is 1. The number of H-pyrrole nitrogens is 1. The SMILES string of the molecule is Cc1ccc(C(C)NCc2ccc3cc[nH]c3c2)cc1. The molecule has 0 saturated carbocycles. The van der Waals surface area contributed by atoms with Crippen LogP contribution in [-0.2, 0) is 6.54 Å². The van der Waals surface area contributed by atoms with E-state index in [1.54, 1.807) is 0 Å². The van der Waals surface area contributed by atoms with Gasteiger partial charge >= 0.3 is 0 Å². The molecule has 1 aromatic heterocycles. The van der Waals surface area contributed by atoms with Crippen LogP contribution in [0.4, 0.5) is 0 Å². The van der Waals surface area contributed by atoms with Gasteiger partial charge in [-0.1, -0.05) is 42.0 Å². The summed E-state index contributed by atoms with van der Waals surface area (Å²) in [5.41, 5.74) is 5.14. The van der Waals surface area contributed by atoms with E-state index < -0.39 is 0 Å². The van der Waals surface area contributed by atoms with Crippen molar-refractivity contribution in [3.8, 4) is 0 Å². The van der Waals surface area contributed by atoms with Crippen LogP contribution in [0.3, 0.4) is 0 Å². The Bertz CT molecular complexity index is 695. The Hall–Kier alpha value is -2.06. The molecule has 0 aliphatic rings. The molecule has 2 nitrogen and oxygen atoms in total. The zero-order valence-electron chi connectivity index (χ0n) is 12.0. The molecular weight excluding hydrogens is 244 g/mol. The summed E-state index contributed by atoms with van der Waals surface area (Å²) < 4.78 is 0. The molecule has 1 unspecified atom stereocenters. The first-order valence-electron chi connectivity index (χ1n) is 7.08. The molecule has 0 spiro atoms. The summed E-state index contributed by atoms with van der Waals surface area (Å²) in [5.74, 6) is 0. The molecule has 0 radical (unpaired) electrons. The fourth-order valence-electron chi connectivity index (χ4n) is 2.45. The van der Waals surface area contributed by atoms with E-state index in [1.807, 2.05) is 6.20 Å². The summed E-state index contributed by atoms with van der Waals surface area (Å²) in [6, 6.07) is 17.7. The van der Waals surface area contributed by atoms with Crippen molar-refractivity contribution >= 4 is 10.9 Å². The van der Waals surface area contributed by atoms with Crippen LogP contribution in [0.5, 0.6) is 0 Å². The number of aryl methyl sites for hydroxylation is 1. The van der Waals surface area contributed by atoms with Gasteiger partial charge in [0.2, 0.25) is 0 Å². The second-order valence-electron chi connectivity index (χ2n) is 5.41. The molecule has 1 heterocycles. The van der Waals surface area contributed by atoms with Gasteiger partial charge in [-0.2, -0.15) is 0 Å². The summed E-state index contributed by atoms with van der Waals surface area (Å²) in [7, 11) is 0. The van der Waals surface area contributed by atoms with E-state index >= 15 is 0 Å². The van der Waals surface area contributed by atoms with Gasteiger partial charge < -0.3 is 10.3 Å². The normalized spacial score (nSPS) is 12.7. The molecule has 2 heteroatoms. The fraction of sp³-hybridized carbons (Fsp3) is 0.222. The van der Waals surface area contributed by atoms with Gasteiger partial charge in [0.1, 0.15) is 0 Å². The average molecular weight is 264 g/mol. The van der Waals surface area contributed by atoms with Crippen LogP contribution in [0.2, 0.25) is 0 Å². The van der Waals surface area contributed by atoms with Gasteiger partial charge in [0.05, 0.1) is 0 Å². The van der Waals surface area contributed by atoms with Crippen molar-refractivity contribution in [3.63, 3.8) is 0 Å². The summed E-state index contributed by atoms with van der Waals surface area (Å²) in [5, 5.41) is 4.84. The molecule has 0 bridgehead atoms. The van der Waals surface area contributed by atoms with Crippen molar-refractivity contribution < 1.29 is 0 Å². The quantitative estimate of drug-likeness (QED) is 0.721. The van der Waals surface area contributed by atoms with Crippen molar-refractivity contribution in [2.75, 3.05) is 0 Å². The number of nitrogens with one attached hydrogen (secondary N) is 2. The van der Waals surface area contributed by atoms with E-state index in [4.69, 9.17) is 0 Å². The summed E-state index contributed by atoms with van der Waals surface area (Å²) in [4.78, 5) is 3.26. The molecule has 3 rings (SSSR count). The van der Waals surface area contributed by atoms with Crippen LogP contribution < -0.4 is 5.32 Å². The minimum atomic E-state index is 0.356. The molecular formula is C18H20N2. The largest absolute Gasteiger partial charge is 0.361 e. The molecule has 0 aliphatic carbocycles. The van der Waals surface area contributed by atoms with Crippen LogP contribution in [-0.4, -0.2) is 4.98 Å². The Morgan fingerprint density at radius 3 is 2.65 bits per heavy atom. The maximum Gasteiger partial charge on any atom is 0.0457 e. The zero-order valence-corrected chi connectivity index (χ0v) is 12.0. The highest BCUT2D eigenvalue weighted by atomic mass is 14.9. The second-order valence-corrected chi connectivity index (χ2v) is 5.41. The van der Waals surface area contributed by atoms with Gasteiger partial charge in [-0.25, -0.2) is 0 Å². The van der Waals surface area contributed by atoms with Crippen molar-refractivity contribution in [1.29, 1.82) is 0 Å². The number of rotatable bonds is 4. The second kappa shape index (κ2) is 5.51. The van der Waals surface area contributed by atoms with Crippen molar-refractivity contribution in [2.24, 2.45) is 0 Å². The monoisotopic (exact) mass is 264 g/mol. The molecule has 1 atom stereocenters.